The van der Waals surface area contributed by atoms with Crippen LogP contribution in [0.25, 0.3) is 17.9 Å². The summed E-state index contributed by atoms with van der Waals surface area (Å²) in [4.78, 5) is 0. The second kappa shape index (κ2) is 4.57. The zero-order valence-corrected chi connectivity index (χ0v) is 10.9. The van der Waals surface area contributed by atoms with Crippen molar-refractivity contribution in [3.63, 3.8) is 0 Å². The highest BCUT2D eigenvalue weighted by atomic mass is 16.5. The second-order valence-electron chi connectivity index (χ2n) is 4.91. The van der Waals surface area contributed by atoms with E-state index in [9.17, 15) is 0 Å². The molecule has 2 aromatic carbocycles. The van der Waals surface area contributed by atoms with E-state index < -0.39 is 0 Å². The van der Waals surface area contributed by atoms with Gasteiger partial charge >= 0.3 is 0 Å². The molecule has 2 aromatic rings. The molecule has 97 valence electrons. The molecular formula is C18H13O2. The summed E-state index contributed by atoms with van der Waals surface area (Å²) >= 11 is 0. The highest BCUT2D eigenvalue weighted by Crippen LogP contribution is 2.32. The van der Waals surface area contributed by atoms with Gasteiger partial charge in [0.2, 0.25) is 0 Å². The van der Waals surface area contributed by atoms with Gasteiger partial charge in [0.1, 0.15) is 19.0 Å². The van der Waals surface area contributed by atoms with E-state index in [1.807, 2.05) is 24.3 Å². The molecule has 0 saturated carbocycles. The van der Waals surface area contributed by atoms with Crippen LogP contribution in [0.5, 0.6) is 0 Å². The molecule has 0 saturated heterocycles. The lowest BCUT2D eigenvalue weighted by atomic mass is 9.96. The van der Waals surface area contributed by atoms with Gasteiger partial charge in [-0.3, -0.25) is 0 Å². The van der Waals surface area contributed by atoms with Crippen LogP contribution in [-0.4, -0.2) is 0 Å². The van der Waals surface area contributed by atoms with Crippen LogP contribution < -0.4 is 0 Å². The summed E-state index contributed by atoms with van der Waals surface area (Å²) < 4.78 is 11.3. The van der Waals surface area contributed by atoms with Crippen LogP contribution in [0.1, 0.15) is 27.8 Å². The summed E-state index contributed by atoms with van der Waals surface area (Å²) in [6, 6.07) is 15.3. The number of hydrogen-bond acceptors (Lipinski definition) is 2. The van der Waals surface area contributed by atoms with Crippen molar-refractivity contribution in [1.82, 2.24) is 0 Å². The fraction of sp³-hybridized carbons (Fsp3) is 0.111. The van der Waals surface area contributed by atoms with Crippen LogP contribution in [0, 0.1) is 6.07 Å². The van der Waals surface area contributed by atoms with E-state index in [-0.39, 0.29) is 0 Å². The molecule has 0 fully saturated rings. The third-order valence-corrected chi connectivity index (χ3v) is 3.69. The standard InChI is InChI=1S/C18H13O2/c1-2-5-14-12-20-18(10-13(14)4-1)17-7-3-6-15-11-19-9-8-16(15)17/h2-10H,11-12H2. The van der Waals surface area contributed by atoms with E-state index in [0.29, 0.717) is 13.2 Å². The van der Waals surface area contributed by atoms with Gasteiger partial charge in [-0.2, -0.15) is 0 Å². The maximum absolute atomic E-state index is 5.93. The Bertz CT molecular complexity index is 726. The average molecular weight is 261 g/mol. The zero-order valence-electron chi connectivity index (χ0n) is 10.9. The van der Waals surface area contributed by atoms with Gasteiger partial charge in [0, 0.05) is 5.56 Å². The third-order valence-electron chi connectivity index (χ3n) is 3.69. The number of ether oxygens (including phenoxy) is 2. The molecule has 0 N–H and O–H groups in total. The van der Waals surface area contributed by atoms with Crippen LogP contribution >= 0.6 is 0 Å². The maximum atomic E-state index is 5.93. The Morgan fingerprint density at radius 2 is 2.05 bits per heavy atom. The zero-order chi connectivity index (χ0) is 13.4. The fourth-order valence-corrected chi connectivity index (χ4v) is 2.64. The molecule has 2 aliphatic rings. The molecule has 2 nitrogen and oxygen atoms in total. The van der Waals surface area contributed by atoms with Crippen molar-refractivity contribution in [3.05, 3.63) is 76.5 Å². The molecule has 0 amide bonds. The molecule has 20 heavy (non-hydrogen) atoms. The molecule has 2 heteroatoms. The monoisotopic (exact) mass is 261 g/mol. The molecule has 2 heterocycles. The molecule has 0 atom stereocenters. The summed E-state index contributed by atoms with van der Waals surface area (Å²) in [5.74, 6) is 0.917. The van der Waals surface area contributed by atoms with Crippen molar-refractivity contribution in [3.8, 4) is 0 Å². The molecule has 2 aliphatic heterocycles. The minimum Gasteiger partial charge on any atom is -0.496 e. The molecule has 4 rings (SSSR count). The van der Waals surface area contributed by atoms with Crippen LogP contribution in [0.15, 0.2) is 42.7 Å². The minimum absolute atomic E-state index is 0.611. The Kier molecular flexibility index (Phi) is 2.59. The Hall–Kier alpha value is -2.48. The number of fused-ring (bicyclic) bond motifs is 2. The van der Waals surface area contributed by atoms with Gasteiger partial charge in [-0.15, -0.1) is 0 Å². The SMILES string of the molecule is [c]1ccc2c(c1)C=C(c1cccc3c1C=COC3)OC2. The summed E-state index contributed by atoms with van der Waals surface area (Å²) in [7, 11) is 0. The lowest BCUT2D eigenvalue weighted by molar-refractivity contribution is 0.234. The first-order chi connectivity index (χ1) is 9.92. The van der Waals surface area contributed by atoms with E-state index in [0.717, 1.165) is 11.3 Å². The summed E-state index contributed by atoms with van der Waals surface area (Å²) in [6.45, 7) is 1.23. The molecule has 0 aromatic heterocycles. The van der Waals surface area contributed by atoms with Crippen molar-refractivity contribution in [2.24, 2.45) is 0 Å². The molecule has 1 radical (unpaired) electrons. The van der Waals surface area contributed by atoms with Gasteiger partial charge in [0.25, 0.3) is 0 Å². The van der Waals surface area contributed by atoms with Crippen LogP contribution in [0.4, 0.5) is 0 Å². The van der Waals surface area contributed by atoms with Crippen molar-refractivity contribution in [1.29, 1.82) is 0 Å². The second-order valence-corrected chi connectivity index (χ2v) is 4.91. The highest BCUT2D eigenvalue weighted by Gasteiger charge is 2.17. The molecule has 0 aliphatic carbocycles. The molecular weight excluding hydrogens is 248 g/mol. The van der Waals surface area contributed by atoms with E-state index in [1.54, 1.807) is 6.26 Å². The number of hydrogen-bond donors (Lipinski definition) is 0. The summed E-state index contributed by atoms with van der Waals surface area (Å²) in [6.07, 6.45) is 5.84. The predicted molar refractivity (Wildman–Crippen MR) is 78.2 cm³/mol. The molecule has 0 bridgehead atoms. The van der Waals surface area contributed by atoms with E-state index >= 15 is 0 Å². The Labute approximate surface area is 118 Å². The Morgan fingerprint density at radius 1 is 1.05 bits per heavy atom. The van der Waals surface area contributed by atoms with Gasteiger partial charge < -0.3 is 9.47 Å². The Balaban J connectivity index is 1.84. The maximum Gasteiger partial charge on any atom is 0.128 e. The van der Waals surface area contributed by atoms with Crippen molar-refractivity contribution in [2.75, 3.05) is 0 Å². The number of rotatable bonds is 1. The smallest absolute Gasteiger partial charge is 0.128 e. The largest absolute Gasteiger partial charge is 0.496 e. The van der Waals surface area contributed by atoms with Gasteiger partial charge in [0.05, 0.1) is 6.26 Å². The van der Waals surface area contributed by atoms with Gasteiger partial charge in [-0.05, 0) is 46.5 Å². The minimum atomic E-state index is 0.611. The first-order valence-corrected chi connectivity index (χ1v) is 6.66. The topological polar surface area (TPSA) is 18.5 Å². The van der Waals surface area contributed by atoms with Crippen LogP contribution in [0.3, 0.4) is 0 Å². The lowest BCUT2D eigenvalue weighted by Gasteiger charge is -2.21. The predicted octanol–water partition coefficient (Wildman–Crippen LogP) is 4.02. The Morgan fingerprint density at radius 3 is 3.05 bits per heavy atom. The lowest BCUT2D eigenvalue weighted by Crippen LogP contribution is -2.05. The highest BCUT2D eigenvalue weighted by molar-refractivity contribution is 5.84. The van der Waals surface area contributed by atoms with Gasteiger partial charge in [-0.25, -0.2) is 0 Å². The fourth-order valence-electron chi connectivity index (χ4n) is 2.64. The third kappa shape index (κ3) is 1.81. The van der Waals surface area contributed by atoms with E-state index in [1.165, 1.54) is 22.3 Å². The summed E-state index contributed by atoms with van der Waals surface area (Å²) in [5, 5.41) is 0. The van der Waals surface area contributed by atoms with Crippen LogP contribution in [-0.2, 0) is 22.7 Å². The normalized spacial score (nSPS) is 15.5. The quantitative estimate of drug-likeness (QED) is 0.772. The van der Waals surface area contributed by atoms with Crippen molar-refractivity contribution in [2.45, 2.75) is 13.2 Å². The average Bonchev–Trinajstić information content (AvgIpc) is 2.54. The van der Waals surface area contributed by atoms with E-state index in [2.05, 4.69) is 30.3 Å². The first-order valence-electron chi connectivity index (χ1n) is 6.66. The van der Waals surface area contributed by atoms with Crippen LogP contribution in [0.2, 0.25) is 0 Å². The summed E-state index contributed by atoms with van der Waals surface area (Å²) in [5.41, 5.74) is 5.89. The first kappa shape index (κ1) is 11.4. The van der Waals surface area contributed by atoms with E-state index in [4.69, 9.17) is 9.47 Å². The van der Waals surface area contributed by atoms with Gasteiger partial charge in [-0.1, -0.05) is 30.3 Å². The molecule has 0 spiro atoms. The molecule has 0 unspecified atom stereocenters. The van der Waals surface area contributed by atoms with Crippen molar-refractivity contribution < 1.29 is 9.47 Å². The number of benzene rings is 2. The van der Waals surface area contributed by atoms with Crippen molar-refractivity contribution >= 4 is 17.9 Å². The van der Waals surface area contributed by atoms with Gasteiger partial charge in [0.15, 0.2) is 0 Å².